The highest BCUT2D eigenvalue weighted by molar-refractivity contribution is 5.92. The minimum absolute atomic E-state index is 0.0237. The van der Waals surface area contributed by atoms with Crippen LogP contribution in [0.4, 0.5) is 5.69 Å². The molecule has 3 amide bonds. The van der Waals surface area contributed by atoms with Gasteiger partial charge in [-0.25, -0.2) is 4.79 Å². The molecule has 1 fully saturated rings. The van der Waals surface area contributed by atoms with Gasteiger partial charge in [-0.1, -0.05) is 49.2 Å². The van der Waals surface area contributed by atoms with Gasteiger partial charge in [0.05, 0.1) is 6.61 Å². The maximum atomic E-state index is 13.6. The fourth-order valence-corrected chi connectivity index (χ4v) is 4.61. The average Bonchev–Trinajstić information content (AvgIpc) is 3.46. The van der Waals surface area contributed by atoms with E-state index < -0.39 is 35.4 Å². The summed E-state index contributed by atoms with van der Waals surface area (Å²) >= 11 is 0. The summed E-state index contributed by atoms with van der Waals surface area (Å²) in [5, 5.41) is 5.58. The summed E-state index contributed by atoms with van der Waals surface area (Å²) in [4.78, 5) is 63.1. The SMILES string of the molecule is CCOC(=O)C=CC(CCC(N)=O)NC(=O)C(Cc1ccccc1)n1cccc(NC(=O)C2CCCC2)c1=O. The van der Waals surface area contributed by atoms with Crippen LogP contribution in [0.25, 0.3) is 0 Å². The van der Waals surface area contributed by atoms with Gasteiger partial charge in [0.1, 0.15) is 11.7 Å². The molecule has 10 nitrogen and oxygen atoms in total. The number of nitrogens with two attached hydrogens (primary N) is 1. The molecule has 2 aromatic rings. The van der Waals surface area contributed by atoms with Crippen LogP contribution in [0.3, 0.4) is 0 Å². The van der Waals surface area contributed by atoms with E-state index in [4.69, 9.17) is 10.5 Å². The predicted octanol–water partition coefficient (Wildman–Crippen LogP) is 2.63. The molecular formula is C29H36N4O6. The quantitative estimate of drug-likeness (QED) is 0.265. The van der Waals surface area contributed by atoms with Crippen molar-refractivity contribution in [3.63, 3.8) is 0 Å². The number of esters is 1. The highest BCUT2D eigenvalue weighted by Crippen LogP contribution is 2.25. The average molecular weight is 537 g/mol. The molecule has 1 aliphatic carbocycles. The standard InChI is InChI=1S/C29H36N4O6/c1-2-39-26(35)17-15-22(14-16-25(30)34)31-28(37)24(19-20-9-4-3-5-10-20)33-18-8-13-23(29(33)38)32-27(36)21-11-6-7-12-21/h3-5,8-10,13,15,17-18,21-22,24H,2,6-7,11-12,14,16,19H2,1H3,(H2,30,34)(H,31,37)(H,32,36). The van der Waals surface area contributed by atoms with Crippen molar-refractivity contribution >= 4 is 29.4 Å². The van der Waals surface area contributed by atoms with Crippen LogP contribution in [0, 0.1) is 5.92 Å². The number of anilines is 1. The molecule has 4 N–H and O–H groups in total. The summed E-state index contributed by atoms with van der Waals surface area (Å²) in [6, 6.07) is 10.7. The Morgan fingerprint density at radius 1 is 1.10 bits per heavy atom. The Bertz CT molecular complexity index is 1230. The zero-order valence-corrected chi connectivity index (χ0v) is 22.1. The number of amides is 3. The van der Waals surface area contributed by atoms with Gasteiger partial charge in [0, 0.05) is 37.1 Å². The Morgan fingerprint density at radius 3 is 2.49 bits per heavy atom. The molecular weight excluding hydrogens is 500 g/mol. The van der Waals surface area contributed by atoms with Gasteiger partial charge in [-0.15, -0.1) is 0 Å². The van der Waals surface area contributed by atoms with E-state index in [1.54, 1.807) is 13.0 Å². The predicted molar refractivity (Wildman–Crippen MR) is 147 cm³/mol. The number of nitrogens with one attached hydrogen (secondary N) is 2. The second kappa shape index (κ2) is 14.7. The second-order valence-electron chi connectivity index (χ2n) is 9.54. The Balaban J connectivity index is 1.89. The van der Waals surface area contributed by atoms with E-state index in [9.17, 15) is 24.0 Å². The Hall–Kier alpha value is -4.21. The van der Waals surface area contributed by atoms with Crippen molar-refractivity contribution in [2.24, 2.45) is 11.7 Å². The highest BCUT2D eigenvalue weighted by atomic mass is 16.5. The van der Waals surface area contributed by atoms with Crippen LogP contribution < -0.4 is 21.9 Å². The van der Waals surface area contributed by atoms with Crippen LogP contribution in [0.2, 0.25) is 0 Å². The molecule has 0 radical (unpaired) electrons. The van der Waals surface area contributed by atoms with E-state index in [1.807, 2.05) is 30.3 Å². The van der Waals surface area contributed by atoms with E-state index in [1.165, 1.54) is 29.0 Å². The lowest BCUT2D eigenvalue weighted by Gasteiger charge is -2.23. The largest absolute Gasteiger partial charge is 0.463 e. The third-order valence-corrected chi connectivity index (χ3v) is 6.65. The number of primary amides is 1. The topological polar surface area (TPSA) is 150 Å². The number of rotatable bonds is 13. The molecule has 0 saturated heterocycles. The van der Waals surface area contributed by atoms with Gasteiger partial charge in [-0.2, -0.15) is 0 Å². The summed E-state index contributed by atoms with van der Waals surface area (Å²) in [6.07, 6.45) is 8.01. The third-order valence-electron chi connectivity index (χ3n) is 6.65. The summed E-state index contributed by atoms with van der Waals surface area (Å²) < 4.78 is 6.20. The van der Waals surface area contributed by atoms with Gasteiger partial charge in [-0.05, 0) is 43.9 Å². The highest BCUT2D eigenvalue weighted by Gasteiger charge is 2.27. The summed E-state index contributed by atoms with van der Waals surface area (Å²) in [7, 11) is 0. The number of carbonyl (C=O) groups excluding carboxylic acids is 4. The first-order chi connectivity index (χ1) is 18.8. The van der Waals surface area contributed by atoms with Crippen molar-refractivity contribution in [3.05, 3.63) is 76.7 Å². The molecule has 39 heavy (non-hydrogen) atoms. The fourth-order valence-electron chi connectivity index (χ4n) is 4.61. The summed E-state index contributed by atoms with van der Waals surface area (Å²) in [6.45, 7) is 1.87. The number of benzene rings is 1. The zero-order valence-electron chi connectivity index (χ0n) is 22.1. The van der Waals surface area contributed by atoms with Gasteiger partial charge >= 0.3 is 5.97 Å². The number of hydrogen-bond acceptors (Lipinski definition) is 6. The van der Waals surface area contributed by atoms with Crippen molar-refractivity contribution in [2.75, 3.05) is 11.9 Å². The van der Waals surface area contributed by atoms with Gasteiger partial charge in [0.25, 0.3) is 5.56 Å². The minimum atomic E-state index is -0.977. The van der Waals surface area contributed by atoms with Crippen molar-refractivity contribution in [1.29, 1.82) is 0 Å². The number of ether oxygens (including phenoxy) is 1. The molecule has 1 aromatic heterocycles. The molecule has 2 atom stereocenters. The van der Waals surface area contributed by atoms with E-state index in [0.717, 1.165) is 31.2 Å². The van der Waals surface area contributed by atoms with E-state index in [2.05, 4.69) is 10.6 Å². The van der Waals surface area contributed by atoms with Crippen molar-refractivity contribution in [1.82, 2.24) is 9.88 Å². The van der Waals surface area contributed by atoms with Crippen molar-refractivity contribution < 1.29 is 23.9 Å². The maximum Gasteiger partial charge on any atom is 0.330 e. The van der Waals surface area contributed by atoms with Crippen LogP contribution in [0.5, 0.6) is 0 Å². The number of carbonyl (C=O) groups is 4. The number of nitrogens with zero attached hydrogens (tertiary/aromatic N) is 1. The molecule has 1 aromatic carbocycles. The normalized spacial score (nSPS) is 15.0. The lowest BCUT2D eigenvalue weighted by molar-refractivity contribution is -0.137. The summed E-state index contributed by atoms with van der Waals surface area (Å²) in [5.74, 6) is -1.95. The monoisotopic (exact) mass is 536 g/mol. The van der Waals surface area contributed by atoms with Crippen LogP contribution >= 0.6 is 0 Å². The molecule has 1 heterocycles. The molecule has 0 bridgehead atoms. The number of aromatic nitrogens is 1. The smallest absolute Gasteiger partial charge is 0.330 e. The van der Waals surface area contributed by atoms with Gasteiger partial charge in [0.15, 0.2) is 0 Å². The molecule has 1 aliphatic rings. The lowest BCUT2D eigenvalue weighted by atomic mass is 10.0. The van der Waals surface area contributed by atoms with E-state index >= 15 is 0 Å². The lowest BCUT2D eigenvalue weighted by Crippen LogP contribution is -2.43. The number of pyridine rings is 1. The van der Waals surface area contributed by atoms with E-state index in [0.29, 0.717) is 0 Å². The Labute approximate surface area is 227 Å². The van der Waals surface area contributed by atoms with Crippen molar-refractivity contribution in [2.45, 2.75) is 64.0 Å². The second-order valence-corrected chi connectivity index (χ2v) is 9.54. The molecule has 10 heteroatoms. The first-order valence-electron chi connectivity index (χ1n) is 13.3. The molecule has 0 spiro atoms. The molecule has 0 aliphatic heterocycles. The van der Waals surface area contributed by atoms with E-state index in [-0.39, 0.29) is 43.4 Å². The van der Waals surface area contributed by atoms with Crippen LogP contribution in [-0.2, 0) is 30.3 Å². The third kappa shape index (κ3) is 8.94. The molecule has 1 saturated carbocycles. The minimum Gasteiger partial charge on any atom is -0.463 e. The van der Waals surface area contributed by atoms with Crippen molar-refractivity contribution in [3.8, 4) is 0 Å². The Kier molecular flexibility index (Phi) is 11.0. The van der Waals surface area contributed by atoms with Gasteiger partial charge < -0.3 is 25.7 Å². The number of hydrogen-bond donors (Lipinski definition) is 3. The summed E-state index contributed by atoms with van der Waals surface area (Å²) in [5.41, 5.74) is 5.72. The fraction of sp³-hybridized carbons (Fsp3) is 0.414. The zero-order chi connectivity index (χ0) is 28.2. The molecule has 208 valence electrons. The van der Waals surface area contributed by atoms with Crippen LogP contribution in [-0.4, -0.2) is 40.9 Å². The first kappa shape index (κ1) is 29.3. The van der Waals surface area contributed by atoms with Crippen LogP contribution in [0.1, 0.15) is 57.1 Å². The first-order valence-corrected chi connectivity index (χ1v) is 13.3. The Morgan fingerprint density at radius 2 is 1.82 bits per heavy atom. The molecule has 3 rings (SSSR count). The molecule has 2 unspecified atom stereocenters. The maximum absolute atomic E-state index is 13.6. The van der Waals surface area contributed by atoms with Crippen LogP contribution in [0.15, 0.2) is 65.6 Å². The van der Waals surface area contributed by atoms with Gasteiger partial charge in [0.2, 0.25) is 17.7 Å². The van der Waals surface area contributed by atoms with Gasteiger partial charge in [-0.3, -0.25) is 19.2 Å².